The van der Waals surface area contributed by atoms with Gasteiger partial charge in [-0.2, -0.15) is 13.2 Å². The molecule has 106 valence electrons. The van der Waals surface area contributed by atoms with Crippen LogP contribution < -0.4 is 0 Å². The van der Waals surface area contributed by atoms with Crippen LogP contribution in [0.1, 0.15) is 10.4 Å². The standard InChI is InChI=1S/C11H9BrCl2F3NO/c12-3-4-18(6-11(15,16)17)10(19)8-5-7(13)1-2-9(8)14/h1-2,5H,3-4,6H2. The van der Waals surface area contributed by atoms with E-state index in [4.69, 9.17) is 23.2 Å². The van der Waals surface area contributed by atoms with E-state index in [0.29, 0.717) is 4.90 Å². The van der Waals surface area contributed by atoms with Crippen molar-refractivity contribution in [1.82, 2.24) is 4.90 Å². The number of carbonyl (C=O) groups excluding carboxylic acids is 1. The maximum absolute atomic E-state index is 12.4. The molecule has 19 heavy (non-hydrogen) atoms. The summed E-state index contributed by atoms with van der Waals surface area (Å²) in [6.07, 6.45) is -4.47. The van der Waals surface area contributed by atoms with E-state index in [2.05, 4.69) is 15.9 Å². The van der Waals surface area contributed by atoms with Crippen molar-refractivity contribution in [2.75, 3.05) is 18.4 Å². The minimum Gasteiger partial charge on any atom is -0.329 e. The van der Waals surface area contributed by atoms with Gasteiger partial charge in [-0.3, -0.25) is 4.79 Å². The fraction of sp³-hybridized carbons (Fsp3) is 0.364. The lowest BCUT2D eigenvalue weighted by atomic mass is 10.2. The summed E-state index contributed by atoms with van der Waals surface area (Å²) in [6.45, 7) is -1.42. The largest absolute Gasteiger partial charge is 0.406 e. The lowest BCUT2D eigenvalue weighted by Gasteiger charge is -2.23. The molecule has 0 spiro atoms. The first-order valence-corrected chi connectivity index (χ1v) is 6.99. The highest BCUT2D eigenvalue weighted by Gasteiger charge is 2.33. The van der Waals surface area contributed by atoms with Crippen molar-refractivity contribution in [3.05, 3.63) is 33.8 Å². The summed E-state index contributed by atoms with van der Waals surface area (Å²) >= 11 is 14.5. The van der Waals surface area contributed by atoms with E-state index in [-0.39, 0.29) is 27.5 Å². The highest BCUT2D eigenvalue weighted by Crippen LogP contribution is 2.24. The summed E-state index contributed by atoms with van der Waals surface area (Å²) in [5.74, 6) is -0.802. The number of hydrogen-bond donors (Lipinski definition) is 0. The van der Waals surface area contributed by atoms with E-state index in [1.165, 1.54) is 18.2 Å². The van der Waals surface area contributed by atoms with Gasteiger partial charge in [0.2, 0.25) is 0 Å². The molecule has 1 aromatic rings. The summed E-state index contributed by atoms with van der Waals surface area (Å²) in [7, 11) is 0. The second kappa shape index (κ2) is 6.81. The van der Waals surface area contributed by atoms with E-state index < -0.39 is 18.6 Å². The number of halogens is 6. The van der Waals surface area contributed by atoms with E-state index in [1.807, 2.05) is 0 Å². The van der Waals surface area contributed by atoms with Crippen molar-refractivity contribution in [3.8, 4) is 0 Å². The first-order chi connectivity index (χ1) is 8.74. The highest BCUT2D eigenvalue weighted by molar-refractivity contribution is 9.09. The van der Waals surface area contributed by atoms with Crippen molar-refractivity contribution in [2.45, 2.75) is 6.18 Å². The predicted octanol–water partition coefficient (Wildman–Crippen LogP) is 4.39. The molecule has 1 rings (SSSR count). The Morgan fingerprint density at radius 3 is 2.47 bits per heavy atom. The van der Waals surface area contributed by atoms with Crippen LogP contribution in [0.25, 0.3) is 0 Å². The number of alkyl halides is 4. The molecule has 0 unspecified atom stereocenters. The normalized spacial score (nSPS) is 11.5. The molecule has 1 amide bonds. The molecular weight excluding hydrogens is 370 g/mol. The summed E-state index contributed by atoms with van der Waals surface area (Å²) in [6, 6.07) is 4.08. The fourth-order valence-electron chi connectivity index (χ4n) is 1.40. The average molecular weight is 379 g/mol. The third kappa shape index (κ3) is 5.20. The number of rotatable bonds is 4. The van der Waals surface area contributed by atoms with Gasteiger partial charge in [-0.05, 0) is 18.2 Å². The average Bonchev–Trinajstić information content (AvgIpc) is 2.29. The van der Waals surface area contributed by atoms with Gasteiger partial charge in [-0.25, -0.2) is 0 Å². The van der Waals surface area contributed by atoms with Gasteiger partial charge in [0.25, 0.3) is 5.91 Å². The van der Waals surface area contributed by atoms with Crippen molar-refractivity contribution in [1.29, 1.82) is 0 Å². The number of nitrogens with zero attached hydrogens (tertiary/aromatic N) is 1. The number of carbonyl (C=O) groups is 1. The molecule has 0 saturated carbocycles. The van der Waals surface area contributed by atoms with Crippen LogP contribution in [0, 0.1) is 0 Å². The van der Waals surface area contributed by atoms with Crippen LogP contribution >= 0.6 is 39.1 Å². The van der Waals surface area contributed by atoms with Gasteiger partial charge >= 0.3 is 6.18 Å². The summed E-state index contributed by atoms with van der Waals surface area (Å²) < 4.78 is 37.3. The summed E-state index contributed by atoms with van der Waals surface area (Å²) in [4.78, 5) is 12.7. The molecular formula is C11H9BrCl2F3NO. The Bertz CT molecular complexity index is 468. The second-order valence-corrected chi connectivity index (χ2v) is 5.29. The molecule has 0 aliphatic carbocycles. The molecule has 0 N–H and O–H groups in total. The van der Waals surface area contributed by atoms with Crippen LogP contribution in [0.3, 0.4) is 0 Å². The molecule has 0 aliphatic rings. The highest BCUT2D eigenvalue weighted by atomic mass is 79.9. The Kier molecular flexibility index (Phi) is 5.95. The SMILES string of the molecule is O=C(c1cc(Cl)ccc1Cl)N(CCBr)CC(F)(F)F. The van der Waals surface area contributed by atoms with Crippen molar-refractivity contribution >= 4 is 45.0 Å². The molecule has 1 aromatic carbocycles. The zero-order valence-electron chi connectivity index (χ0n) is 9.48. The molecule has 0 heterocycles. The fourth-order valence-corrected chi connectivity index (χ4v) is 2.20. The van der Waals surface area contributed by atoms with Crippen LogP contribution in [0.2, 0.25) is 10.0 Å². The topological polar surface area (TPSA) is 20.3 Å². The molecule has 0 atom stereocenters. The van der Waals surface area contributed by atoms with E-state index in [1.54, 1.807) is 0 Å². The first-order valence-electron chi connectivity index (χ1n) is 5.11. The summed E-state index contributed by atoms with van der Waals surface area (Å²) in [5.41, 5.74) is -0.0423. The smallest absolute Gasteiger partial charge is 0.329 e. The lowest BCUT2D eigenvalue weighted by molar-refractivity contribution is -0.140. The molecule has 0 aliphatic heterocycles. The van der Waals surface area contributed by atoms with Gasteiger partial charge in [0.05, 0.1) is 10.6 Å². The maximum Gasteiger partial charge on any atom is 0.406 e. The molecule has 0 bridgehead atoms. The van der Waals surface area contributed by atoms with Crippen molar-refractivity contribution < 1.29 is 18.0 Å². The number of hydrogen-bond acceptors (Lipinski definition) is 1. The Balaban J connectivity index is 3.02. The molecule has 2 nitrogen and oxygen atoms in total. The van der Waals surface area contributed by atoms with Crippen LogP contribution in [-0.4, -0.2) is 35.4 Å². The van der Waals surface area contributed by atoms with Crippen LogP contribution in [0.5, 0.6) is 0 Å². The van der Waals surface area contributed by atoms with Crippen molar-refractivity contribution in [3.63, 3.8) is 0 Å². The minimum atomic E-state index is -4.47. The van der Waals surface area contributed by atoms with Gasteiger partial charge in [-0.15, -0.1) is 0 Å². The third-order valence-electron chi connectivity index (χ3n) is 2.17. The van der Waals surface area contributed by atoms with Gasteiger partial charge in [0.1, 0.15) is 6.54 Å². The zero-order valence-corrected chi connectivity index (χ0v) is 12.6. The minimum absolute atomic E-state index is 0.0423. The lowest BCUT2D eigenvalue weighted by Crippen LogP contribution is -2.40. The van der Waals surface area contributed by atoms with E-state index in [0.717, 1.165) is 0 Å². The van der Waals surface area contributed by atoms with Gasteiger partial charge in [0.15, 0.2) is 0 Å². The molecule has 0 saturated heterocycles. The predicted molar refractivity (Wildman–Crippen MR) is 72.2 cm³/mol. The van der Waals surface area contributed by atoms with E-state index in [9.17, 15) is 18.0 Å². The number of amides is 1. The molecule has 0 radical (unpaired) electrons. The zero-order chi connectivity index (χ0) is 14.6. The van der Waals surface area contributed by atoms with Crippen LogP contribution in [0.15, 0.2) is 18.2 Å². The molecule has 0 fully saturated rings. The quantitative estimate of drug-likeness (QED) is 0.711. The van der Waals surface area contributed by atoms with Crippen LogP contribution in [-0.2, 0) is 0 Å². The Labute approximate surface area is 126 Å². The Morgan fingerprint density at radius 1 is 1.32 bits per heavy atom. The Morgan fingerprint density at radius 2 is 1.95 bits per heavy atom. The maximum atomic E-state index is 12.4. The molecule has 8 heteroatoms. The number of benzene rings is 1. The van der Waals surface area contributed by atoms with Gasteiger partial charge in [0, 0.05) is 16.9 Å². The Hall–Kier alpha value is -0.460. The monoisotopic (exact) mass is 377 g/mol. The van der Waals surface area contributed by atoms with E-state index >= 15 is 0 Å². The first kappa shape index (κ1) is 16.6. The van der Waals surface area contributed by atoms with Crippen molar-refractivity contribution in [2.24, 2.45) is 0 Å². The molecule has 0 aromatic heterocycles. The third-order valence-corrected chi connectivity index (χ3v) is 3.09. The summed E-state index contributed by atoms with van der Waals surface area (Å²) in [5, 5.41) is 0.530. The van der Waals surface area contributed by atoms with Gasteiger partial charge < -0.3 is 4.90 Å². The van der Waals surface area contributed by atoms with Gasteiger partial charge in [-0.1, -0.05) is 39.1 Å². The second-order valence-electron chi connectivity index (χ2n) is 3.66. The van der Waals surface area contributed by atoms with Crippen LogP contribution in [0.4, 0.5) is 13.2 Å².